The summed E-state index contributed by atoms with van der Waals surface area (Å²) in [7, 11) is 0. The van der Waals surface area contributed by atoms with Gasteiger partial charge in [0.2, 0.25) is 0 Å². The summed E-state index contributed by atoms with van der Waals surface area (Å²) in [5, 5.41) is 10.1. The zero-order chi connectivity index (χ0) is 20.1. The van der Waals surface area contributed by atoms with Gasteiger partial charge in [0.1, 0.15) is 0 Å². The van der Waals surface area contributed by atoms with Crippen LogP contribution in [0.2, 0.25) is 0 Å². The third-order valence-corrected chi connectivity index (χ3v) is 4.99. The number of unbranched alkanes of at least 4 members (excludes halogenated alkanes) is 9. The Morgan fingerprint density at radius 3 is 1.11 bits per heavy atom. The average molecular weight is 389 g/mol. The van der Waals surface area contributed by atoms with Crippen molar-refractivity contribution in [2.45, 2.75) is 97.8 Å². The highest BCUT2D eigenvalue weighted by Gasteiger charge is 2.31. The second-order valence-electron chi connectivity index (χ2n) is 8.00. The maximum absolute atomic E-state index is 10.1. The van der Waals surface area contributed by atoms with Crippen LogP contribution in [0.4, 0.5) is 0 Å². The standard InChI is InChI=1S/C23H48O4/c1-4-7-10-13-16-25-20-23(19-24,21-26-17-14-11-8-5-2)22-27-18-15-12-9-6-3/h24H,4-22H2,1-3H3. The van der Waals surface area contributed by atoms with Crippen LogP contribution in [0.5, 0.6) is 0 Å². The molecule has 0 heterocycles. The van der Waals surface area contributed by atoms with Gasteiger partial charge in [-0.1, -0.05) is 78.6 Å². The lowest BCUT2D eigenvalue weighted by atomic mass is 9.92. The van der Waals surface area contributed by atoms with Crippen LogP contribution in [0.25, 0.3) is 0 Å². The van der Waals surface area contributed by atoms with E-state index < -0.39 is 5.41 Å². The quantitative estimate of drug-likeness (QED) is 0.240. The van der Waals surface area contributed by atoms with E-state index in [1.807, 2.05) is 0 Å². The Morgan fingerprint density at radius 1 is 0.519 bits per heavy atom. The number of hydrogen-bond acceptors (Lipinski definition) is 4. The summed E-state index contributed by atoms with van der Waals surface area (Å²) in [6, 6.07) is 0. The van der Waals surface area contributed by atoms with Crippen LogP contribution in [0.3, 0.4) is 0 Å². The largest absolute Gasteiger partial charge is 0.396 e. The van der Waals surface area contributed by atoms with E-state index in [0.29, 0.717) is 19.8 Å². The lowest BCUT2D eigenvalue weighted by Gasteiger charge is -2.31. The van der Waals surface area contributed by atoms with Crippen molar-refractivity contribution in [2.75, 3.05) is 46.2 Å². The minimum Gasteiger partial charge on any atom is -0.396 e. The Bertz CT molecular complexity index is 243. The van der Waals surface area contributed by atoms with E-state index in [9.17, 15) is 5.11 Å². The summed E-state index contributed by atoms with van der Waals surface area (Å²) in [6.45, 7) is 10.5. The Hall–Kier alpha value is -0.160. The van der Waals surface area contributed by atoms with E-state index in [2.05, 4.69) is 20.8 Å². The fraction of sp³-hybridized carbons (Fsp3) is 1.00. The molecular weight excluding hydrogens is 340 g/mol. The molecular formula is C23H48O4. The van der Waals surface area contributed by atoms with Crippen LogP contribution in [0.15, 0.2) is 0 Å². The van der Waals surface area contributed by atoms with Crippen molar-refractivity contribution in [1.29, 1.82) is 0 Å². The SMILES string of the molecule is CCCCCCOCC(CO)(COCCCCCC)COCCCCCC. The summed E-state index contributed by atoms with van der Waals surface area (Å²) in [4.78, 5) is 0. The summed E-state index contributed by atoms with van der Waals surface area (Å²) in [5.41, 5.74) is -0.430. The first kappa shape index (κ1) is 26.8. The van der Waals surface area contributed by atoms with Gasteiger partial charge in [0.15, 0.2) is 0 Å². The molecule has 27 heavy (non-hydrogen) atoms. The molecule has 0 aliphatic carbocycles. The van der Waals surface area contributed by atoms with Gasteiger partial charge in [-0.05, 0) is 19.3 Å². The van der Waals surface area contributed by atoms with Gasteiger partial charge in [-0.15, -0.1) is 0 Å². The highest BCUT2D eigenvalue weighted by molar-refractivity contribution is 4.78. The predicted molar refractivity (Wildman–Crippen MR) is 114 cm³/mol. The van der Waals surface area contributed by atoms with Gasteiger partial charge in [0.05, 0.1) is 31.8 Å². The number of rotatable bonds is 22. The van der Waals surface area contributed by atoms with E-state index in [4.69, 9.17) is 14.2 Å². The first-order valence-electron chi connectivity index (χ1n) is 11.6. The van der Waals surface area contributed by atoms with Gasteiger partial charge in [0, 0.05) is 19.8 Å². The van der Waals surface area contributed by atoms with Crippen molar-refractivity contribution < 1.29 is 19.3 Å². The fourth-order valence-electron chi connectivity index (χ4n) is 3.02. The molecule has 4 heteroatoms. The molecule has 0 amide bonds. The lowest BCUT2D eigenvalue weighted by molar-refractivity contribution is -0.0937. The van der Waals surface area contributed by atoms with Crippen molar-refractivity contribution >= 4 is 0 Å². The zero-order valence-corrected chi connectivity index (χ0v) is 18.6. The Kier molecular flexibility index (Phi) is 20.4. The van der Waals surface area contributed by atoms with Gasteiger partial charge >= 0.3 is 0 Å². The molecule has 0 aliphatic heterocycles. The number of ether oxygens (including phenoxy) is 3. The second kappa shape index (κ2) is 20.6. The van der Waals surface area contributed by atoms with Crippen LogP contribution in [0, 0.1) is 5.41 Å². The topological polar surface area (TPSA) is 47.9 Å². The molecule has 164 valence electrons. The van der Waals surface area contributed by atoms with Crippen LogP contribution in [-0.4, -0.2) is 51.4 Å². The maximum atomic E-state index is 10.1. The minimum absolute atomic E-state index is 0.0475. The van der Waals surface area contributed by atoms with Crippen LogP contribution in [-0.2, 0) is 14.2 Å². The summed E-state index contributed by atoms with van der Waals surface area (Å²) < 4.78 is 17.7. The summed E-state index contributed by atoms with van der Waals surface area (Å²) in [6.07, 6.45) is 14.4. The predicted octanol–water partition coefficient (Wildman–Crippen LogP) is 5.76. The van der Waals surface area contributed by atoms with Gasteiger partial charge in [-0.3, -0.25) is 0 Å². The van der Waals surface area contributed by atoms with E-state index >= 15 is 0 Å². The second-order valence-corrected chi connectivity index (χ2v) is 8.00. The molecule has 0 radical (unpaired) electrons. The monoisotopic (exact) mass is 388 g/mol. The van der Waals surface area contributed by atoms with Crippen molar-refractivity contribution in [3.63, 3.8) is 0 Å². The van der Waals surface area contributed by atoms with Crippen molar-refractivity contribution in [2.24, 2.45) is 5.41 Å². The molecule has 0 aromatic carbocycles. The van der Waals surface area contributed by atoms with E-state index in [1.54, 1.807) is 0 Å². The highest BCUT2D eigenvalue weighted by atomic mass is 16.5. The van der Waals surface area contributed by atoms with Crippen LogP contribution in [0.1, 0.15) is 97.8 Å². The number of hydrogen-bond donors (Lipinski definition) is 1. The summed E-state index contributed by atoms with van der Waals surface area (Å²) >= 11 is 0. The molecule has 0 rings (SSSR count). The fourth-order valence-corrected chi connectivity index (χ4v) is 3.02. The summed E-state index contributed by atoms with van der Waals surface area (Å²) in [5.74, 6) is 0. The molecule has 4 nitrogen and oxygen atoms in total. The molecule has 0 spiro atoms. The van der Waals surface area contributed by atoms with Gasteiger partial charge in [-0.25, -0.2) is 0 Å². The van der Waals surface area contributed by atoms with Crippen LogP contribution < -0.4 is 0 Å². The minimum atomic E-state index is -0.430. The molecule has 0 saturated carbocycles. The third kappa shape index (κ3) is 16.5. The van der Waals surface area contributed by atoms with Gasteiger partial charge < -0.3 is 19.3 Å². The molecule has 0 fully saturated rings. The molecule has 0 aliphatic rings. The van der Waals surface area contributed by atoms with Crippen molar-refractivity contribution in [3.8, 4) is 0 Å². The van der Waals surface area contributed by atoms with Crippen molar-refractivity contribution in [1.82, 2.24) is 0 Å². The van der Waals surface area contributed by atoms with E-state index in [1.165, 1.54) is 57.8 Å². The zero-order valence-electron chi connectivity index (χ0n) is 18.6. The van der Waals surface area contributed by atoms with Crippen LogP contribution >= 0.6 is 0 Å². The van der Waals surface area contributed by atoms with Gasteiger partial charge in [-0.2, -0.15) is 0 Å². The smallest absolute Gasteiger partial charge is 0.0635 e. The van der Waals surface area contributed by atoms with E-state index in [-0.39, 0.29) is 6.61 Å². The molecule has 0 saturated heterocycles. The lowest BCUT2D eigenvalue weighted by Crippen LogP contribution is -2.41. The third-order valence-electron chi connectivity index (χ3n) is 4.99. The maximum Gasteiger partial charge on any atom is 0.0635 e. The molecule has 0 bridgehead atoms. The number of aliphatic hydroxyl groups is 1. The number of aliphatic hydroxyl groups excluding tert-OH is 1. The molecule has 0 unspecified atom stereocenters. The first-order valence-corrected chi connectivity index (χ1v) is 11.6. The Morgan fingerprint density at radius 2 is 0.852 bits per heavy atom. The Balaban J connectivity index is 4.23. The molecule has 0 aromatic heterocycles. The molecule has 0 aromatic rings. The average Bonchev–Trinajstić information content (AvgIpc) is 2.69. The van der Waals surface area contributed by atoms with E-state index in [0.717, 1.165) is 39.1 Å². The molecule has 0 atom stereocenters. The normalized spacial score (nSPS) is 12.0. The highest BCUT2D eigenvalue weighted by Crippen LogP contribution is 2.20. The Labute approximate surface area is 169 Å². The van der Waals surface area contributed by atoms with Crippen molar-refractivity contribution in [3.05, 3.63) is 0 Å². The van der Waals surface area contributed by atoms with Gasteiger partial charge in [0.25, 0.3) is 0 Å². The first-order chi connectivity index (χ1) is 13.2. The molecule has 1 N–H and O–H groups in total.